The van der Waals surface area contributed by atoms with Gasteiger partial charge >= 0.3 is 0 Å². The van der Waals surface area contributed by atoms with Gasteiger partial charge < -0.3 is 5.32 Å². The number of benzene rings is 2. The van der Waals surface area contributed by atoms with Gasteiger partial charge in [0.25, 0.3) is 5.91 Å². The average Bonchev–Trinajstić information content (AvgIpc) is 3.15. The van der Waals surface area contributed by atoms with Crippen molar-refractivity contribution in [3.05, 3.63) is 71.3 Å². The highest BCUT2D eigenvalue weighted by Gasteiger charge is 2.17. The Labute approximate surface area is 161 Å². The lowest BCUT2D eigenvalue weighted by atomic mass is 10.1. The minimum absolute atomic E-state index is 0.0421. The molecule has 0 aliphatic carbocycles. The van der Waals surface area contributed by atoms with Crippen LogP contribution in [-0.4, -0.2) is 36.1 Å². The van der Waals surface area contributed by atoms with Gasteiger partial charge in [0.2, 0.25) is 10.0 Å². The third-order valence-electron chi connectivity index (χ3n) is 3.76. The number of hydrogen-bond acceptors (Lipinski definition) is 5. The number of sulfonamides is 1. The van der Waals surface area contributed by atoms with Crippen LogP contribution in [0.2, 0.25) is 5.02 Å². The Morgan fingerprint density at radius 2 is 2.04 bits per heavy atom. The second kappa shape index (κ2) is 7.87. The third kappa shape index (κ3) is 4.51. The number of amides is 1. The minimum Gasteiger partial charge on any atom is -0.322 e. The topological polar surface area (TPSA) is 106 Å². The first kappa shape index (κ1) is 19.0. The molecule has 3 aromatic rings. The normalized spacial score (nSPS) is 11.3. The summed E-state index contributed by atoms with van der Waals surface area (Å²) < 4.78 is 27.7. The van der Waals surface area contributed by atoms with Gasteiger partial charge in [0, 0.05) is 5.69 Å². The van der Waals surface area contributed by atoms with Gasteiger partial charge in [-0.25, -0.2) is 22.8 Å². The maximum atomic E-state index is 12.6. The Morgan fingerprint density at radius 1 is 1.22 bits per heavy atom. The van der Waals surface area contributed by atoms with E-state index in [1.54, 1.807) is 29.2 Å². The van der Waals surface area contributed by atoms with Crippen LogP contribution in [0.4, 0.5) is 5.69 Å². The second-order valence-corrected chi connectivity index (χ2v) is 7.89. The first-order chi connectivity index (χ1) is 12.9. The number of nitrogens with zero attached hydrogens (tertiary/aromatic N) is 3. The molecule has 0 aliphatic rings. The van der Waals surface area contributed by atoms with Gasteiger partial charge in [0.1, 0.15) is 12.7 Å². The van der Waals surface area contributed by atoms with E-state index in [1.807, 2.05) is 6.07 Å². The van der Waals surface area contributed by atoms with Crippen molar-refractivity contribution in [2.24, 2.45) is 0 Å². The molecule has 2 N–H and O–H groups in total. The summed E-state index contributed by atoms with van der Waals surface area (Å²) in [5.41, 5.74) is 1.53. The highest BCUT2D eigenvalue weighted by Crippen LogP contribution is 2.22. The van der Waals surface area contributed by atoms with E-state index < -0.39 is 15.9 Å². The molecule has 2 aromatic carbocycles. The standard InChI is InChI=1S/C17H16ClN5O3S/c1-19-27(25,26)14-5-6-16(18)15(8-14)17(24)22-13-4-2-3-12(7-13)9-23-11-20-10-21-23/h2-8,10-11,19H,9H2,1H3,(H,22,24). The quantitative estimate of drug-likeness (QED) is 0.653. The zero-order valence-electron chi connectivity index (χ0n) is 14.3. The molecule has 8 nitrogen and oxygen atoms in total. The number of hydrogen-bond donors (Lipinski definition) is 2. The molecule has 0 atom stereocenters. The van der Waals surface area contributed by atoms with E-state index >= 15 is 0 Å². The van der Waals surface area contributed by atoms with Crippen LogP contribution in [0.15, 0.2) is 60.0 Å². The van der Waals surface area contributed by atoms with Gasteiger partial charge in [-0.3, -0.25) is 4.79 Å². The summed E-state index contributed by atoms with van der Waals surface area (Å²) in [6.07, 6.45) is 3.04. The van der Waals surface area contributed by atoms with E-state index in [4.69, 9.17) is 11.6 Å². The Kier molecular flexibility index (Phi) is 5.54. The molecule has 1 aromatic heterocycles. The summed E-state index contributed by atoms with van der Waals surface area (Å²) in [5, 5.41) is 6.93. The van der Waals surface area contributed by atoms with Crippen molar-refractivity contribution in [1.29, 1.82) is 0 Å². The van der Waals surface area contributed by atoms with Crippen LogP contribution >= 0.6 is 11.6 Å². The van der Waals surface area contributed by atoms with E-state index in [0.717, 1.165) is 5.56 Å². The molecule has 0 saturated heterocycles. The molecule has 0 unspecified atom stereocenters. The van der Waals surface area contributed by atoms with Crippen molar-refractivity contribution in [3.63, 3.8) is 0 Å². The molecule has 0 spiro atoms. The molecule has 0 bridgehead atoms. The molecule has 0 aliphatic heterocycles. The summed E-state index contributed by atoms with van der Waals surface area (Å²) in [6.45, 7) is 0.500. The lowest BCUT2D eigenvalue weighted by Gasteiger charge is -2.10. The van der Waals surface area contributed by atoms with Crippen molar-refractivity contribution in [1.82, 2.24) is 19.5 Å². The van der Waals surface area contributed by atoms with Crippen LogP contribution in [0.1, 0.15) is 15.9 Å². The molecule has 27 heavy (non-hydrogen) atoms. The molecule has 140 valence electrons. The minimum atomic E-state index is -3.68. The number of halogens is 1. The maximum Gasteiger partial charge on any atom is 0.257 e. The fourth-order valence-electron chi connectivity index (χ4n) is 2.41. The van der Waals surface area contributed by atoms with Crippen LogP contribution in [0.3, 0.4) is 0 Å². The first-order valence-electron chi connectivity index (χ1n) is 7.85. The van der Waals surface area contributed by atoms with Crippen molar-refractivity contribution in [2.75, 3.05) is 12.4 Å². The van der Waals surface area contributed by atoms with E-state index in [0.29, 0.717) is 12.2 Å². The number of rotatable bonds is 6. The van der Waals surface area contributed by atoms with Gasteiger partial charge in [-0.1, -0.05) is 23.7 Å². The van der Waals surface area contributed by atoms with Crippen LogP contribution in [0.5, 0.6) is 0 Å². The van der Waals surface area contributed by atoms with Crippen molar-refractivity contribution < 1.29 is 13.2 Å². The number of carbonyl (C=O) groups excluding carboxylic acids is 1. The summed E-state index contributed by atoms with van der Waals surface area (Å²) in [4.78, 5) is 16.4. The van der Waals surface area contributed by atoms with Gasteiger partial charge in [0.15, 0.2) is 0 Å². The lowest BCUT2D eigenvalue weighted by molar-refractivity contribution is 0.102. The third-order valence-corrected chi connectivity index (χ3v) is 5.50. The van der Waals surface area contributed by atoms with Crippen molar-refractivity contribution in [2.45, 2.75) is 11.4 Å². The summed E-state index contributed by atoms with van der Waals surface area (Å²) in [7, 11) is -2.39. The molecule has 0 radical (unpaired) electrons. The van der Waals surface area contributed by atoms with E-state index in [-0.39, 0.29) is 15.5 Å². The number of carbonyl (C=O) groups is 1. The van der Waals surface area contributed by atoms with Gasteiger partial charge in [-0.15, -0.1) is 0 Å². The Balaban J connectivity index is 1.82. The van der Waals surface area contributed by atoms with Crippen molar-refractivity contribution in [3.8, 4) is 0 Å². The van der Waals surface area contributed by atoms with Crippen LogP contribution in [0.25, 0.3) is 0 Å². The zero-order chi connectivity index (χ0) is 19.4. The molecule has 1 heterocycles. The highest BCUT2D eigenvalue weighted by atomic mass is 35.5. The number of anilines is 1. The summed E-state index contributed by atoms with van der Waals surface area (Å²) >= 11 is 6.08. The average molecular weight is 406 g/mol. The van der Waals surface area contributed by atoms with Crippen molar-refractivity contribution >= 4 is 33.2 Å². The largest absolute Gasteiger partial charge is 0.322 e. The Hall–Kier alpha value is -2.75. The molecule has 0 fully saturated rings. The highest BCUT2D eigenvalue weighted by molar-refractivity contribution is 7.89. The van der Waals surface area contributed by atoms with E-state index in [1.165, 1.54) is 31.6 Å². The number of aromatic nitrogens is 3. The first-order valence-corrected chi connectivity index (χ1v) is 9.71. The smallest absolute Gasteiger partial charge is 0.257 e. The molecule has 3 rings (SSSR count). The van der Waals surface area contributed by atoms with Crippen LogP contribution in [-0.2, 0) is 16.6 Å². The van der Waals surface area contributed by atoms with Gasteiger partial charge in [0.05, 0.1) is 22.0 Å². The lowest BCUT2D eigenvalue weighted by Crippen LogP contribution is -2.20. The SMILES string of the molecule is CNS(=O)(=O)c1ccc(Cl)c(C(=O)Nc2cccc(Cn3cncn3)c2)c1. The monoisotopic (exact) mass is 405 g/mol. The fraction of sp³-hybridized carbons (Fsp3) is 0.118. The van der Waals surface area contributed by atoms with Crippen LogP contribution in [0, 0.1) is 0 Å². The Bertz CT molecular complexity index is 1070. The molecular weight excluding hydrogens is 390 g/mol. The van der Waals surface area contributed by atoms with Gasteiger partial charge in [-0.05, 0) is 42.9 Å². The Morgan fingerprint density at radius 3 is 2.74 bits per heavy atom. The molecule has 0 saturated carbocycles. The molecular formula is C17H16ClN5O3S. The molecule has 1 amide bonds. The summed E-state index contributed by atoms with van der Waals surface area (Å²) in [5.74, 6) is -0.508. The number of nitrogens with one attached hydrogen (secondary N) is 2. The fourth-order valence-corrected chi connectivity index (χ4v) is 3.37. The van der Waals surface area contributed by atoms with E-state index in [9.17, 15) is 13.2 Å². The van der Waals surface area contributed by atoms with Crippen LogP contribution < -0.4 is 10.0 Å². The maximum absolute atomic E-state index is 12.6. The van der Waals surface area contributed by atoms with Gasteiger partial charge in [-0.2, -0.15) is 5.10 Å². The molecule has 10 heteroatoms. The zero-order valence-corrected chi connectivity index (χ0v) is 15.8. The predicted molar refractivity (Wildman–Crippen MR) is 101 cm³/mol. The predicted octanol–water partition coefficient (Wildman–Crippen LogP) is 2.14. The van der Waals surface area contributed by atoms with E-state index in [2.05, 4.69) is 20.1 Å². The summed E-state index contributed by atoms with van der Waals surface area (Å²) in [6, 6.07) is 11.2. The second-order valence-electron chi connectivity index (χ2n) is 5.60.